The van der Waals surface area contributed by atoms with Gasteiger partial charge in [0.1, 0.15) is 5.78 Å². The summed E-state index contributed by atoms with van der Waals surface area (Å²) in [5.41, 5.74) is 2.53. The average Bonchev–Trinajstić information content (AvgIpc) is 2.47. The van der Waals surface area contributed by atoms with Crippen LogP contribution in [0.4, 0.5) is 0 Å². The fourth-order valence-corrected chi connectivity index (χ4v) is 2.63. The van der Waals surface area contributed by atoms with E-state index in [2.05, 4.69) is 45.9 Å². The predicted molar refractivity (Wildman–Crippen MR) is 97.3 cm³/mol. The molecule has 0 radical (unpaired) electrons. The van der Waals surface area contributed by atoms with Gasteiger partial charge in [0, 0.05) is 19.4 Å². The molecule has 2 heteroatoms. The number of ether oxygens (including phenoxy) is 1. The average molecular weight is 316 g/mol. The maximum absolute atomic E-state index is 12.1. The first-order valence-electron chi connectivity index (χ1n) is 8.74. The van der Waals surface area contributed by atoms with Gasteiger partial charge in [-0.15, -0.1) is 0 Å². The van der Waals surface area contributed by atoms with E-state index in [0.29, 0.717) is 37.8 Å². The third kappa shape index (κ3) is 10.1. The molecule has 0 aliphatic carbocycles. The molecule has 1 rings (SSSR count). The molecule has 0 N–H and O–H groups in total. The maximum atomic E-state index is 12.1. The molecule has 0 saturated heterocycles. The van der Waals surface area contributed by atoms with E-state index in [9.17, 15) is 4.79 Å². The minimum absolute atomic E-state index is 0.288. The van der Waals surface area contributed by atoms with Crippen molar-refractivity contribution in [2.75, 3.05) is 6.61 Å². The fraction of sp³-hybridized carbons (Fsp3) is 0.571. The van der Waals surface area contributed by atoms with Crippen LogP contribution in [0.25, 0.3) is 0 Å². The highest BCUT2D eigenvalue weighted by Crippen LogP contribution is 2.16. The van der Waals surface area contributed by atoms with Gasteiger partial charge in [-0.2, -0.15) is 0 Å². The van der Waals surface area contributed by atoms with Gasteiger partial charge in [0.2, 0.25) is 0 Å². The monoisotopic (exact) mass is 316 g/mol. The highest BCUT2D eigenvalue weighted by Gasteiger charge is 2.13. The van der Waals surface area contributed by atoms with E-state index in [0.717, 1.165) is 12.8 Å². The summed E-state index contributed by atoms with van der Waals surface area (Å²) in [7, 11) is 0. The molecule has 1 aromatic rings. The van der Waals surface area contributed by atoms with E-state index in [1.807, 2.05) is 18.2 Å². The van der Waals surface area contributed by atoms with Gasteiger partial charge in [-0.05, 0) is 44.1 Å². The number of hydrogen-bond donors (Lipinski definition) is 0. The second-order valence-corrected chi connectivity index (χ2v) is 7.02. The van der Waals surface area contributed by atoms with Crippen LogP contribution in [-0.2, 0) is 16.1 Å². The summed E-state index contributed by atoms with van der Waals surface area (Å²) in [5, 5.41) is 0. The molecule has 0 aromatic heterocycles. The lowest BCUT2D eigenvalue weighted by molar-refractivity contribution is -0.121. The van der Waals surface area contributed by atoms with Gasteiger partial charge >= 0.3 is 0 Å². The van der Waals surface area contributed by atoms with Crippen molar-refractivity contribution in [2.45, 2.75) is 60.0 Å². The molecule has 0 aliphatic rings. The number of hydrogen-bond acceptors (Lipinski definition) is 2. The Morgan fingerprint density at radius 2 is 1.74 bits per heavy atom. The van der Waals surface area contributed by atoms with Gasteiger partial charge in [0.05, 0.1) is 6.61 Å². The van der Waals surface area contributed by atoms with Crippen molar-refractivity contribution in [1.82, 2.24) is 0 Å². The van der Waals surface area contributed by atoms with Gasteiger partial charge in [0.15, 0.2) is 0 Å². The molecule has 0 heterocycles. The lowest BCUT2D eigenvalue weighted by Gasteiger charge is -2.14. The Bertz CT molecular complexity index is 472. The number of carbonyl (C=O) groups is 1. The normalized spacial score (nSPS) is 13.4. The Kier molecular flexibility index (Phi) is 9.54. The molecule has 0 amide bonds. The molecule has 0 bridgehead atoms. The summed E-state index contributed by atoms with van der Waals surface area (Å²) in [6, 6.07) is 10.2. The lowest BCUT2D eigenvalue weighted by Crippen LogP contribution is -2.14. The first-order chi connectivity index (χ1) is 11.0. The number of carbonyl (C=O) groups excluding carboxylic acids is 1. The molecule has 128 valence electrons. The molecular formula is C21H32O2. The summed E-state index contributed by atoms with van der Waals surface area (Å²) in [5.74, 6) is 1.12. The molecule has 0 saturated carbocycles. The van der Waals surface area contributed by atoms with E-state index in [1.165, 1.54) is 11.1 Å². The highest BCUT2D eigenvalue weighted by molar-refractivity contribution is 5.78. The van der Waals surface area contributed by atoms with Gasteiger partial charge in [-0.1, -0.05) is 55.8 Å². The zero-order valence-electron chi connectivity index (χ0n) is 15.2. The summed E-state index contributed by atoms with van der Waals surface area (Å²) in [4.78, 5) is 12.1. The number of Topliss-reactive ketones (excluding diaryl/α,β-unsaturated/α-hetero) is 1. The van der Waals surface area contributed by atoms with Crippen LogP contribution in [0, 0.1) is 11.8 Å². The summed E-state index contributed by atoms with van der Waals surface area (Å²) < 4.78 is 5.72. The molecule has 2 atom stereocenters. The molecule has 2 nitrogen and oxygen atoms in total. The largest absolute Gasteiger partial charge is 0.376 e. The number of allylic oxidation sites excluding steroid dienone is 2. The third-order valence-electron chi connectivity index (χ3n) is 3.88. The van der Waals surface area contributed by atoms with E-state index in [4.69, 9.17) is 4.74 Å². The fourth-order valence-electron chi connectivity index (χ4n) is 2.63. The maximum Gasteiger partial charge on any atom is 0.133 e. The van der Waals surface area contributed by atoms with Crippen molar-refractivity contribution < 1.29 is 9.53 Å². The molecule has 0 aliphatic heterocycles. The van der Waals surface area contributed by atoms with Crippen molar-refractivity contribution in [3.63, 3.8) is 0 Å². The summed E-state index contributed by atoms with van der Waals surface area (Å²) in [6.07, 6.45) is 5.74. The zero-order valence-corrected chi connectivity index (χ0v) is 15.2. The third-order valence-corrected chi connectivity index (χ3v) is 3.88. The van der Waals surface area contributed by atoms with Crippen molar-refractivity contribution in [3.05, 3.63) is 47.5 Å². The minimum atomic E-state index is 0.288. The topological polar surface area (TPSA) is 26.3 Å². The Balaban J connectivity index is 2.16. The zero-order chi connectivity index (χ0) is 17.1. The molecule has 2 unspecified atom stereocenters. The molecular weight excluding hydrogens is 284 g/mol. The van der Waals surface area contributed by atoms with Crippen LogP contribution in [0.15, 0.2) is 42.0 Å². The van der Waals surface area contributed by atoms with Gasteiger partial charge in [-0.3, -0.25) is 4.79 Å². The second kappa shape index (κ2) is 11.2. The number of rotatable bonds is 11. The number of benzene rings is 1. The molecule has 23 heavy (non-hydrogen) atoms. The van der Waals surface area contributed by atoms with E-state index < -0.39 is 0 Å². The van der Waals surface area contributed by atoms with Gasteiger partial charge in [-0.25, -0.2) is 0 Å². The molecule has 0 spiro atoms. The smallest absolute Gasteiger partial charge is 0.133 e. The van der Waals surface area contributed by atoms with Crippen LogP contribution in [0.3, 0.4) is 0 Å². The van der Waals surface area contributed by atoms with Crippen LogP contribution in [0.1, 0.15) is 58.9 Å². The second-order valence-electron chi connectivity index (χ2n) is 7.02. The first kappa shape index (κ1) is 19.6. The van der Waals surface area contributed by atoms with Crippen LogP contribution >= 0.6 is 0 Å². The van der Waals surface area contributed by atoms with Gasteiger partial charge in [0.25, 0.3) is 0 Å². The van der Waals surface area contributed by atoms with E-state index in [-0.39, 0.29) is 5.92 Å². The SMILES string of the molecule is CC(C)=CCCC(C)CC(=O)CC(C)COCc1ccccc1. The van der Waals surface area contributed by atoms with Crippen molar-refractivity contribution in [3.8, 4) is 0 Å². The first-order valence-corrected chi connectivity index (χ1v) is 8.74. The quantitative estimate of drug-likeness (QED) is 0.499. The lowest BCUT2D eigenvalue weighted by atomic mass is 9.94. The van der Waals surface area contributed by atoms with Crippen LogP contribution in [0.5, 0.6) is 0 Å². The Hall–Kier alpha value is -1.41. The van der Waals surface area contributed by atoms with Crippen LogP contribution in [-0.4, -0.2) is 12.4 Å². The van der Waals surface area contributed by atoms with E-state index in [1.54, 1.807) is 0 Å². The van der Waals surface area contributed by atoms with Gasteiger partial charge < -0.3 is 4.74 Å². The van der Waals surface area contributed by atoms with Crippen LogP contribution in [0.2, 0.25) is 0 Å². The number of ketones is 1. The Labute approximate surface area is 141 Å². The Morgan fingerprint density at radius 1 is 1.09 bits per heavy atom. The minimum Gasteiger partial charge on any atom is -0.376 e. The van der Waals surface area contributed by atoms with Crippen molar-refractivity contribution >= 4 is 5.78 Å². The predicted octanol–water partition coefficient (Wildman–Crippen LogP) is 5.57. The van der Waals surface area contributed by atoms with Crippen molar-refractivity contribution in [1.29, 1.82) is 0 Å². The highest BCUT2D eigenvalue weighted by atomic mass is 16.5. The van der Waals surface area contributed by atoms with Crippen LogP contribution < -0.4 is 0 Å². The van der Waals surface area contributed by atoms with Crippen molar-refractivity contribution in [2.24, 2.45) is 11.8 Å². The standard InChI is InChI=1S/C21H32O2/c1-17(2)9-8-10-18(3)13-21(22)14-19(4)15-23-16-20-11-6-5-7-12-20/h5-7,9,11-12,18-19H,8,10,13-16H2,1-4H3. The summed E-state index contributed by atoms with van der Waals surface area (Å²) in [6.45, 7) is 9.77. The molecule has 1 aromatic carbocycles. The summed E-state index contributed by atoms with van der Waals surface area (Å²) >= 11 is 0. The Morgan fingerprint density at radius 3 is 2.39 bits per heavy atom. The van der Waals surface area contributed by atoms with E-state index >= 15 is 0 Å². The molecule has 0 fully saturated rings.